The van der Waals surface area contributed by atoms with Crippen LogP contribution in [0.3, 0.4) is 0 Å². The predicted octanol–water partition coefficient (Wildman–Crippen LogP) is 1.52. The summed E-state index contributed by atoms with van der Waals surface area (Å²) in [6.07, 6.45) is 0.569. The molecule has 0 saturated carbocycles. The zero-order chi connectivity index (χ0) is 11.1. The molecule has 1 aromatic rings. The van der Waals surface area contributed by atoms with E-state index >= 15 is 0 Å². The Bertz CT molecular complexity index is 316. The molecule has 0 aliphatic heterocycles. The van der Waals surface area contributed by atoms with Gasteiger partial charge >= 0.3 is 6.09 Å². The van der Waals surface area contributed by atoms with Gasteiger partial charge in [0, 0.05) is 12.7 Å². The second-order valence-corrected chi connectivity index (χ2v) is 3.16. The number of pyridine rings is 1. The van der Waals surface area contributed by atoms with Gasteiger partial charge in [0.15, 0.2) is 0 Å². The number of amides is 1. The van der Waals surface area contributed by atoms with Crippen LogP contribution in [0.1, 0.15) is 5.56 Å². The zero-order valence-corrected chi connectivity index (χ0v) is 8.70. The first kappa shape index (κ1) is 11.7. The topological polar surface area (TPSA) is 71.5 Å². The summed E-state index contributed by atoms with van der Waals surface area (Å²) in [4.78, 5) is 14.0. The van der Waals surface area contributed by atoms with E-state index in [9.17, 15) is 4.79 Å². The van der Waals surface area contributed by atoms with E-state index in [-0.39, 0.29) is 6.54 Å². The first-order valence-corrected chi connectivity index (χ1v) is 4.71. The van der Waals surface area contributed by atoms with Crippen LogP contribution in [0.25, 0.3) is 0 Å². The fraction of sp³-hybridized carbons (Fsp3) is 0.333. The van der Waals surface area contributed by atoms with Gasteiger partial charge in [-0.3, -0.25) is 0 Å². The van der Waals surface area contributed by atoms with Gasteiger partial charge in [-0.15, -0.1) is 0 Å². The standard InChI is InChI=1S/C9H11ClN2O3/c10-8-2-1-7(5-12-8)6-15-4-3-11-9(13)14/h1-2,5,11H,3-4,6H2,(H,13,14). The molecular formula is C9H11ClN2O3. The molecule has 2 N–H and O–H groups in total. The minimum Gasteiger partial charge on any atom is -0.465 e. The van der Waals surface area contributed by atoms with Gasteiger partial charge in [0.25, 0.3) is 0 Å². The molecule has 82 valence electrons. The highest BCUT2D eigenvalue weighted by molar-refractivity contribution is 6.29. The molecule has 1 aromatic heterocycles. The molecule has 0 saturated heterocycles. The van der Waals surface area contributed by atoms with Crippen LogP contribution in [0.5, 0.6) is 0 Å². The van der Waals surface area contributed by atoms with Crippen molar-refractivity contribution in [3.63, 3.8) is 0 Å². The van der Waals surface area contributed by atoms with Crippen molar-refractivity contribution >= 4 is 17.7 Å². The zero-order valence-electron chi connectivity index (χ0n) is 7.94. The molecule has 0 radical (unpaired) electrons. The molecular weight excluding hydrogens is 220 g/mol. The van der Waals surface area contributed by atoms with E-state index in [4.69, 9.17) is 21.4 Å². The summed E-state index contributed by atoms with van der Waals surface area (Å²) in [5, 5.41) is 10.9. The summed E-state index contributed by atoms with van der Waals surface area (Å²) in [6, 6.07) is 3.48. The van der Waals surface area contributed by atoms with E-state index in [1.54, 1.807) is 18.3 Å². The smallest absolute Gasteiger partial charge is 0.404 e. The number of nitrogens with one attached hydrogen (secondary N) is 1. The van der Waals surface area contributed by atoms with Gasteiger partial charge in [-0.1, -0.05) is 17.7 Å². The van der Waals surface area contributed by atoms with Crippen molar-refractivity contribution in [2.24, 2.45) is 0 Å². The molecule has 6 heteroatoms. The quantitative estimate of drug-likeness (QED) is 0.594. The summed E-state index contributed by atoms with van der Waals surface area (Å²) < 4.78 is 5.20. The third kappa shape index (κ3) is 5.19. The largest absolute Gasteiger partial charge is 0.465 e. The Morgan fingerprint density at radius 2 is 2.40 bits per heavy atom. The van der Waals surface area contributed by atoms with Crippen LogP contribution in [-0.2, 0) is 11.3 Å². The van der Waals surface area contributed by atoms with Crippen LogP contribution in [0.15, 0.2) is 18.3 Å². The molecule has 1 amide bonds. The number of rotatable bonds is 5. The van der Waals surface area contributed by atoms with Gasteiger partial charge in [-0.25, -0.2) is 9.78 Å². The number of hydrogen-bond donors (Lipinski definition) is 2. The lowest BCUT2D eigenvalue weighted by molar-refractivity contribution is 0.120. The van der Waals surface area contributed by atoms with Crippen molar-refractivity contribution < 1.29 is 14.6 Å². The molecule has 0 spiro atoms. The van der Waals surface area contributed by atoms with Gasteiger partial charge in [-0.2, -0.15) is 0 Å². The maximum Gasteiger partial charge on any atom is 0.404 e. The summed E-state index contributed by atoms with van der Waals surface area (Å²) in [6.45, 7) is 0.997. The van der Waals surface area contributed by atoms with Crippen LogP contribution in [0, 0.1) is 0 Å². The summed E-state index contributed by atoms with van der Waals surface area (Å²) >= 11 is 5.60. The van der Waals surface area contributed by atoms with Crippen LogP contribution >= 0.6 is 11.6 Å². The van der Waals surface area contributed by atoms with Gasteiger partial charge in [0.05, 0.1) is 13.2 Å². The van der Waals surface area contributed by atoms with Gasteiger partial charge in [-0.05, 0) is 11.6 Å². The van der Waals surface area contributed by atoms with Crippen molar-refractivity contribution in [1.29, 1.82) is 0 Å². The number of nitrogens with zero attached hydrogens (tertiary/aromatic N) is 1. The fourth-order valence-electron chi connectivity index (χ4n) is 0.912. The summed E-state index contributed by atoms with van der Waals surface area (Å²) in [5.74, 6) is 0. The highest BCUT2D eigenvalue weighted by Crippen LogP contribution is 2.05. The molecule has 0 aromatic carbocycles. The third-order valence-corrected chi connectivity index (χ3v) is 1.80. The van der Waals surface area contributed by atoms with E-state index in [0.29, 0.717) is 18.4 Å². The summed E-state index contributed by atoms with van der Waals surface area (Å²) in [7, 11) is 0. The van der Waals surface area contributed by atoms with Gasteiger partial charge in [0.1, 0.15) is 5.15 Å². The lowest BCUT2D eigenvalue weighted by Crippen LogP contribution is -2.25. The Kier molecular flexibility index (Phi) is 4.86. The monoisotopic (exact) mass is 230 g/mol. The first-order valence-electron chi connectivity index (χ1n) is 4.33. The molecule has 1 rings (SSSR count). The Hall–Kier alpha value is -1.33. The number of hydrogen-bond acceptors (Lipinski definition) is 3. The predicted molar refractivity (Wildman–Crippen MR) is 54.9 cm³/mol. The Balaban J connectivity index is 2.15. The molecule has 5 nitrogen and oxygen atoms in total. The van der Waals surface area contributed by atoms with Crippen molar-refractivity contribution in [1.82, 2.24) is 10.3 Å². The lowest BCUT2D eigenvalue weighted by atomic mass is 10.3. The van der Waals surface area contributed by atoms with E-state index in [0.717, 1.165) is 5.56 Å². The summed E-state index contributed by atoms with van der Waals surface area (Å²) in [5.41, 5.74) is 0.898. The molecule has 0 bridgehead atoms. The SMILES string of the molecule is O=C(O)NCCOCc1ccc(Cl)nc1. The third-order valence-electron chi connectivity index (χ3n) is 1.58. The lowest BCUT2D eigenvalue weighted by Gasteiger charge is -2.03. The molecule has 0 atom stereocenters. The number of halogens is 1. The molecule has 1 heterocycles. The Morgan fingerprint density at radius 3 is 3.00 bits per heavy atom. The van der Waals surface area contributed by atoms with Crippen LogP contribution in [-0.4, -0.2) is 29.3 Å². The maximum atomic E-state index is 10.1. The number of carboxylic acid groups (broad SMARTS) is 1. The minimum absolute atomic E-state index is 0.274. The Morgan fingerprint density at radius 1 is 1.60 bits per heavy atom. The number of ether oxygens (including phenoxy) is 1. The molecule has 0 unspecified atom stereocenters. The van der Waals surface area contributed by atoms with Crippen LogP contribution in [0.4, 0.5) is 4.79 Å². The van der Waals surface area contributed by atoms with E-state index in [1.807, 2.05) is 0 Å². The minimum atomic E-state index is -1.05. The average molecular weight is 231 g/mol. The second kappa shape index (κ2) is 6.21. The second-order valence-electron chi connectivity index (χ2n) is 2.77. The van der Waals surface area contributed by atoms with E-state index in [2.05, 4.69) is 10.3 Å². The van der Waals surface area contributed by atoms with E-state index in [1.165, 1.54) is 0 Å². The van der Waals surface area contributed by atoms with Gasteiger partial charge < -0.3 is 15.2 Å². The molecule has 15 heavy (non-hydrogen) atoms. The molecule has 0 aliphatic carbocycles. The van der Waals surface area contributed by atoms with Crippen molar-refractivity contribution in [2.45, 2.75) is 6.61 Å². The number of carbonyl (C=O) groups is 1. The average Bonchev–Trinajstić information content (AvgIpc) is 2.20. The normalized spacial score (nSPS) is 9.93. The van der Waals surface area contributed by atoms with Crippen molar-refractivity contribution in [2.75, 3.05) is 13.2 Å². The highest BCUT2D eigenvalue weighted by Gasteiger charge is 1.96. The highest BCUT2D eigenvalue weighted by atomic mass is 35.5. The van der Waals surface area contributed by atoms with Crippen molar-refractivity contribution in [3.8, 4) is 0 Å². The Labute approximate surface area is 92.0 Å². The van der Waals surface area contributed by atoms with Crippen LogP contribution < -0.4 is 5.32 Å². The number of aromatic nitrogens is 1. The van der Waals surface area contributed by atoms with Crippen LogP contribution in [0.2, 0.25) is 5.15 Å². The van der Waals surface area contributed by atoms with E-state index < -0.39 is 6.09 Å². The first-order chi connectivity index (χ1) is 7.18. The van der Waals surface area contributed by atoms with Crippen molar-refractivity contribution in [3.05, 3.63) is 29.0 Å². The molecule has 0 aliphatic rings. The van der Waals surface area contributed by atoms with Gasteiger partial charge in [0.2, 0.25) is 0 Å². The molecule has 0 fully saturated rings. The maximum absolute atomic E-state index is 10.1. The fourth-order valence-corrected chi connectivity index (χ4v) is 1.02.